The fourth-order valence-corrected chi connectivity index (χ4v) is 6.00. The third kappa shape index (κ3) is 8.08. The van der Waals surface area contributed by atoms with E-state index < -0.39 is 34.1 Å². The van der Waals surface area contributed by atoms with Gasteiger partial charge in [0.2, 0.25) is 11.8 Å². The number of hydrogen-bond acceptors (Lipinski definition) is 4. The Balaban J connectivity index is 2.02. The summed E-state index contributed by atoms with van der Waals surface area (Å²) in [6.45, 7) is 10.6. The molecule has 0 bridgehead atoms. The summed E-state index contributed by atoms with van der Waals surface area (Å²) < 4.78 is 29.0. The van der Waals surface area contributed by atoms with Gasteiger partial charge in [-0.25, -0.2) is 8.42 Å². The van der Waals surface area contributed by atoms with Crippen LogP contribution in [0.15, 0.2) is 77.7 Å². The van der Waals surface area contributed by atoms with Gasteiger partial charge in [0, 0.05) is 17.1 Å². The predicted molar refractivity (Wildman–Crippen MR) is 161 cm³/mol. The fraction of sp³-hybridized carbons (Fsp3) is 0.355. The number of aryl methyl sites for hydroxylation is 2. The Hall–Kier alpha value is -3.36. The van der Waals surface area contributed by atoms with Crippen LogP contribution in [0, 0.1) is 13.8 Å². The van der Waals surface area contributed by atoms with Crippen LogP contribution >= 0.6 is 11.6 Å². The first-order valence-electron chi connectivity index (χ1n) is 13.2. The van der Waals surface area contributed by atoms with Crippen LogP contribution < -0.4 is 9.62 Å². The van der Waals surface area contributed by atoms with Crippen molar-refractivity contribution in [3.8, 4) is 0 Å². The minimum Gasteiger partial charge on any atom is -0.350 e. The molecule has 3 rings (SSSR count). The Morgan fingerprint density at radius 2 is 1.57 bits per heavy atom. The molecule has 3 aromatic carbocycles. The predicted octanol–water partition coefficient (Wildman–Crippen LogP) is 5.53. The molecule has 0 spiro atoms. The third-order valence-corrected chi connectivity index (χ3v) is 8.47. The number of hydrogen-bond donors (Lipinski definition) is 1. The maximum atomic E-state index is 14.0. The highest BCUT2D eigenvalue weighted by molar-refractivity contribution is 7.92. The first-order chi connectivity index (χ1) is 18.7. The number of amides is 2. The van der Waals surface area contributed by atoms with E-state index >= 15 is 0 Å². The summed E-state index contributed by atoms with van der Waals surface area (Å²) in [5, 5.41) is 3.39. The average molecular weight is 584 g/mol. The zero-order chi connectivity index (χ0) is 29.7. The Morgan fingerprint density at radius 1 is 0.950 bits per heavy atom. The Kier molecular flexibility index (Phi) is 10.0. The molecule has 40 heavy (non-hydrogen) atoms. The van der Waals surface area contributed by atoms with Gasteiger partial charge in [0.25, 0.3) is 10.0 Å². The van der Waals surface area contributed by atoms with Gasteiger partial charge in [0.15, 0.2) is 0 Å². The number of nitrogens with one attached hydrogen (secondary N) is 1. The molecular formula is C31H38ClN3O4S. The number of carbonyl (C=O) groups is 2. The van der Waals surface area contributed by atoms with E-state index in [0.717, 1.165) is 15.4 Å². The van der Waals surface area contributed by atoms with Crippen LogP contribution in [0.5, 0.6) is 0 Å². The van der Waals surface area contributed by atoms with E-state index in [0.29, 0.717) is 22.7 Å². The number of rotatable bonds is 10. The van der Waals surface area contributed by atoms with E-state index in [1.807, 2.05) is 58.0 Å². The first-order valence-corrected chi connectivity index (χ1v) is 15.0. The van der Waals surface area contributed by atoms with Crippen molar-refractivity contribution in [3.63, 3.8) is 0 Å². The summed E-state index contributed by atoms with van der Waals surface area (Å²) in [6.07, 6.45) is 0.504. The van der Waals surface area contributed by atoms with Crippen LogP contribution in [0.1, 0.15) is 44.4 Å². The van der Waals surface area contributed by atoms with Gasteiger partial charge in [-0.1, -0.05) is 59.6 Å². The molecule has 2 amide bonds. The molecular weight excluding hydrogens is 546 g/mol. The van der Waals surface area contributed by atoms with E-state index in [4.69, 9.17) is 11.6 Å². The van der Waals surface area contributed by atoms with Gasteiger partial charge < -0.3 is 10.2 Å². The van der Waals surface area contributed by atoms with Crippen LogP contribution in [-0.2, 0) is 26.0 Å². The SMILES string of the molecule is Cc1ccc(S(=O)(=O)N(CC(=O)N(CCc2ccccc2)[C@@H](C)C(=O)NC(C)(C)C)c2ccc(Cl)cc2C)cc1. The minimum absolute atomic E-state index is 0.0645. The monoisotopic (exact) mass is 583 g/mol. The van der Waals surface area contributed by atoms with Crippen molar-refractivity contribution in [2.24, 2.45) is 0 Å². The summed E-state index contributed by atoms with van der Waals surface area (Å²) in [7, 11) is -4.13. The summed E-state index contributed by atoms with van der Waals surface area (Å²) in [5.41, 5.74) is 2.36. The van der Waals surface area contributed by atoms with Crippen molar-refractivity contribution in [1.29, 1.82) is 0 Å². The third-order valence-electron chi connectivity index (χ3n) is 6.47. The summed E-state index contributed by atoms with van der Waals surface area (Å²) >= 11 is 6.17. The van der Waals surface area contributed by atoms with Crippen LogP contribution in [0.4, 0.5) is 5.69 Å². The van der Waals surface area contributed by atoms with Gasteiger partial charge in [0.1, 0.15) is 12.6 Å². The quantitative estimate of drug-likeness (QED) is 0.340. The Morgan fingerprint density at radius 3 is 2.15 bits per heavy atom. The summed E-state index contributed by atoms with van der Waals surface area (Å²) in [5.74, 6) is -0.804. The Bertz CT molecular complexity index is 1440. The normalized spacial score (nSPS) is 12.5. The van der Waals surface area contributed by atoms with E-state index in [9.17, 15) is 18.0 Å². The van der Waals surface area contributed by atoms with Crippen molar-refractivity contribution in [3.05, 3.63) is 94.5 Å². The standard InChI is InChI=1S/C31H38ClN3O4S/c1-22-12-15-27(16-13-22)40(38,39)35(28-17-14-26(32)20-23(28)2)21-29(36)34(19-18-25-10-8-7-9-11-25)24(3)30(37)33-31(4,5)6/h7-17,20,24H,18-19,21H2,1-6H3,(H,33,37)/t24-/m0/s1. The molecule has 0 unspecified atom stereocenters. The lowest BCUT2D eigenvalue weighted by atomic mass is 10.1. The largest absolute Gasteiger partial charge is 0.350 e. The second kappa shape index (κ2) is 12.9. The topological polar surface area (TPSA) is 86.8 Å². The number of sulfonamides is 1. The molecule has 7 nitrogen and oxygen atoms in total. The van der Waals surface area contributed by atoms with E-state index in [1.54, 1.807) is 44.2 Å². The van der Waals surface area contributed by atoms with Crippen molar-refractivity contribution < 1.29 is 18.0 Å². The number of anilines is 1. The molecule has 0 aliphatic carbocycles. The zero-order valence-corrected chi connectivity index (χ0v) is 25.5. The Labute approximate surface area is 243 Å². The van der Waals surface area contributed by atoms with Gasteiger partial charge in [0.05, 0.1) is 10.6 Å². The van der Waals surface area contributed by atoms with Crippen LogP contribution in [0.25, 0.3) is 0 Å². The number of benzene rings is 3. The van der Waals surface area contributed by atoms with Crippen molar-refractivity contribution in [2.45, 2.75) is 64.4 Å². The molecule has 0 radical (unpaired) electrons. The molecule has 0 fully saturated rings. The maximum Gasteiger partial charge on any atom is 0.264 e. The van der Waals surface area contributed by atoms with Gasteiger partial charge in [-0.15, -0.1) is 0 Å². The highest BCUT2D eigenvalue weighted by Crippen LogP contribution is 2.29. The molecule has 0 saturated carbocycles. The first kappa shape index (κ1) is 31.2. The van der Waals surface area contributed by atoms with Crippen LogP contribution in [0.2, 0.25) is 5.02 Å². The summed E-state index contributed by atoms with van der Waals surface area (Å²) in [6, 6.07) is 20.2. The molecule has 1 atom stereocenters. The fourth-order valence-electron chi connectivity index (χ4n) is 4.29. The van der Waals surface area contributed by atoms with Crippen molar-refractivity contribution in [1.82, 2.24) is 10.2 Å². The molecule has 214 valence electrons. The minimum atomic E-state index is -4.13. The highest BCUT2D eigenvalue weighted by Gasteiger charge is 2.33. The van der Waals surface area contributed by atoms with Gasteiger partial charge >= 0.3 is 0 Å². The van der Waals surface area contributed by atoms with Gasteiger partial charge in [-0.05, 0) is 89.4 Å². The van der Waals surface area contributed by atoms with E-state index in [2.05, 4.69) is 5.32 Å². The molecule has 0 aliphatic heterocycles. The molecule has 0 heterocycles. The van der Waals surface area contributed by atoms with Gasteiger partial charge in [-0.3, -0.25) is 13.9 Å². The van der Waals surface area contributed by atoms with E-state index in [-0.39, 0.29) is 17.3 Å². The van der Waals surface area contributed by atoms with Crippen LogP contribution in [0.3, 0.4) is 0 Å². The van der Waals surface area contributed by atoms with Crippen molar-refractivity contribution >= 4 is 39.1 Å². The zero-order valence-electron chi connectivity index (χ0n) is 23.9. The molecule has 9 heteroatoms. The van der Waals surface area contributed by atoms with Gasteiger partial charge in [-0.2, -0.15) is 0 Å². The second-order valence-corrected chi connectivity index (χ2v) is 13.3. The number of nitrogens with zero attached hydrogens (tertiary/aromatic N) is 2. The lowest BCUT2D eigenvalue weighted by Crippen LogP contribution is -2.55. The molecule has 0 aromatic heterocycles. The molecule has 0 saturated heterocycles. The molecule has 3 aromatic rings. The number of halogens is 1. The molecule has 1 N–H and O–H groups in total. The average Bonchev–Trinajstić information content (AvgIpc) is 2.87. The summed E-state index contributed by atoms with van der Waals surface area (Å²) in [4.78, 5) is 28.7. The second-order valence-electron chi connectivity index (χ2n) is 11.0. The number of carbonyl (C=O) groups excluding carboxylic acids is 2. The highest BCUT2D eigenvalue weighted by atomic mass is 35.5. The van der Waals surface area contributed by atoms with Crippen molar-refractivity contribution in [2.75, 3.05) is 17.4 Å². The lowest BCUT2D eigenvalue weighted by molar-refractivity contribution is -0.139. The lowest BCUT2D eigenvalue weighted by Gasteiger charge is -2.33. The smallest absolute Gasteiger partial charge is 0.264 e. The maximum absolute atomic E-state index is 14.0. The molecule has 0 aliphatic rings. The van der Waals surface area contributed by atoms with Crippen LogP contribution in [-0.4, -0.2) is 49.8 Å². The van der Waals surface area contributed by atoms with E-state index in [1.165, 1.54) is 17.0 Å².